The lowest BCUT2D eigenvalue weighted by Crippen LogP contribution is -2.49. The zero-order valence-electron chi connectivity index (χ0n) is 16.1. The topological polar surface area (TPSA) is 65.9 Å². The van der Waals surface area contributed by atoms with Crippen LogP contribution < -0.4 is 21.5 Å². The number of fused-ring (bicyclic) bond motifs is 1. The van der Waals surface area contributed by atoms with Crippen molar-refractivity contribution >= 4 is 11.6 Å². The highest BCUT2D eigenvalue weighted by Gasteiger charge is 2.28. The summed E-state index contributed by atoms with van der Waals surface area (Å²) in [6, 6.07) is 7.16. The lowest BCUT2D eigenvalue weighted by molar-refractivity contribution is -0.919. The minimum absolute atomic E-state index is 0.380. The average molecular weight is 344 g/mol. The van der Waals surface area contributed by atoms with Gasteiger partial charge in [-0.25, -0.2) is 0 Å². The minimum atomic E-state index is 0.380. The molecule has 7 nitrogen and oxygen atoms in total. The van der Waals surface area contributed by atoms with Crippen LogP contribution in [-0.4, -0.2) is 56.8 Å². The molecule has 25 heavy (non-hydrogen) atoms. The fraction of sp³-hybridized carbons (Fsp3) is 0.500. The summed E-state index contributed by atoms with van der Waals surface area (Å²) in [6.45, 7) is 0. The standard InChI is InChI=1S/C18H30N7/c1-19-17-16(18(20-2)24(21-3)22-17)13-8-7-12-9-10-15(14(12)11-13)23-25(4,5)6/h7-8,11,15,20-21,23H,9-10H2,1-6H3,(H,19,22)/q+1. The van der Waals surface area contributed by atoms with Gasteiger partial charge in [0.1, 0.15) is 0 Å². The van der Waals surface area contributed by atoms with Gasteiger partial charge >= 0.3 is 0 Å². The van der Waals surface area contributed by atoms with E-state index in [1.807, 2.05) is 21.1 Å². The van der Waals surface area contributed by atoms with Crippen molar-refractivity contribution in [2.45, 2.75) is 18.9 Å². The van der Waals surface area contributed by atoms with E-state index in [9.17, 15) is 0 Å². The average Bonchev–Trinajstić information content (AvgIpc) is 3.13. The maximum absolute atomic E-state index is 4.58. The van der Waals surface area contributed by atoms with Crippen LogP contribution in [0.1, 0.15) is 23.6 Å². The molecule has 2 aromatic rings. The molecule has 1 unspecified atom stereocenters. The lowest BCUT2D eigenvalue weighted by atomic mass is 10.00. The zero-order valence-corrected chi connectivity index (χ0v) is 16.1. The largest absolute Gasteiger partial charge is 0.371 e. The molecule has 0 saturated heterocycles. The van der Waals surface area contributed by atoms with Crippen molar-refractivity contribution in [3.05, 3.63) is 29.3 Å². The van der Waals surface area contributed by atoms with Gasteiger partial charge in [-0.1, -0.05) is 12.1 Å². The molecule has 1 aliphatic rings. The summed E-state index contributed by atoms with van der Waals surface area (Å²) in [5.41, 5.74) is 11.9. The van der Waals surface area contributed by atoms with Crippen LogP contribution in [0.25, 0.3) is 11.1 Å². The van der Waals surface area contributed by atoms with E-state index in [2.05, 4.69) is 65.9 Å². The minimum Gasteiger partial charge on any atom is -0.371 e. The molecule has 1 heterocycles. The van der Waals surface area contributed by atoms with Gasteiger partial charge in [-0.2, -0.15) is 10.2 Å². The SMILES string of the molecule is CNc1nn(NC)c(NC)c1-c1ccc2c(c1)C(N[N+](C)(C)C)CC2. The molecule has 0 radical (unpaired) electrons. The third-order valence-corrected chi connectivity index (χ3v) is 4.63. The smallest absolute Gasteiger partial charge is 0.160 e. The Bertz CT molecular complexity index is 758. The Morgan fingerprint density at radius 3 is 2.48 bits per heavy atom. The van der Waals surface area contributed by atoms with Crippen LogP contribution in [0.5, 0.6) is 0 Å². The van der Waals surface area contributed by atoms with E-state index in [4.69, 9.17) is 0 Å². The zero-order chi connectivity index (χ0) is 18.2. The van der Waals surface area contributed by atoms with Crippen LogP contribution in [0.4, 0.5) is 11.6 Å². The van der Waals surface area contributed by atoms with E-state index in [0.717, 1.165) is 34.6 Å². The molecule has 1 aliphatic carbocycles. The summed E-state index contributed by atoms with van der Waals surface area (Å²) in [5.74, 6) is 1.80. The highest BCUT2D eigenvalue weighted by atomic mass is 15.6. The molecule has 1 aromatic heterocycles. The number of nitrogens with zero attached hydrogens (tertiary/aromatic N) is 3. The maximum atomic E-state index is 4.58. The number of anilines is 2. The number of aryl methyl sites for hydroxylation is 1. The van der Waals surface area contributed by atoms with Gasteiger partial charge in [0, 0.05) is 21.1 Å². The Labute approximate surface area is 149 Å². The summed E-state index contributed by atoms with van der Waals surface area (Å²) >= 11 is 0. The number of quaternary nitrogens is 1. The van der Waals surface area contributed by atoms with Crippen LogP contribution in [-0.2, 0) is 6.42 Å². The predicted molar refractivity (Wildman–Crippen MR) is 104 cm³/mol. The van der Waals surface area contributed by atoms with Crippen molar-refractivity contribution < 1.29 is 4.59 Å². The van der Waals surface area contributed by atoms with E-state index >= 15 is 0 Å². The van der Waals surface area contributed by atoms with Gasteiger partial charge in [0.2, 0.25) is 0 Å². The summed E-state index contributed by atoms with van der Waals surface area (Å²) in [6.07, 6.45) is 2.27. The first-order chi connectivity index (χ1) is 11.9. The third-order valence-electron chi connectivity index (χ3n) is 4.63. The van der Waals surface area contributed by atoms with E-state index in [1.165, 1.54) is 16.7 Å². The van der Waals surface area contributed by atoms with Crippen molar-refractivity contribution in [2.75, 3.05) is 58.3 Å². The van der Waals surface area contributed by atoms with Crippen molar-refractivity contribution in [3.8, 4) is 11.1 Å². The molecule has 4 N–H and O–H groups in total. The first-order valence-corrected chi connectivity index (χ1v) is 8.76. The number of hydrogen-bond donors (Lipinski definition) is 4. The van der Waals surface area contributed by atoms with E-state index in [-0.39, 0.29) is 0 Å². The van der Waals surface area contributed by atoms with Gasteiger partial charge in [-0.3, -0.25) is 4.59 Å². The second kappa shape index (κ2) is 6.57. The van der Waals surface area contributed by atoms with E-state index in [0.29, 0.717) is 6.04 Å². The molecule has 0 amide bonds. The monoisotopic (exact) mass is 344 g/mol. The molecule has 1 aromatic carbocycles. The van der Waals surface area contributed by atoms with Gasteiger partial charge in [0.25, 0.3) is 0 Å². The van der Waals surface area contributed by atoms with Gasteiger partial charge in [0.15, 0.2) is 11.6 Å². The first-order valence-electron chi connectivity index (χ1n) is 8.76. The number of aromatic nitrogens is 2. The van der Waals surface area contributed by atoms with Gasteiger partial charge in [0.05, 0.1) is 32.7 Å². The fourth-order valence-electron chi connectivity index (χ4n) is 3.62. The number of hydrogen-bond acceptors (Lipinski definition) is 5. The molecule has 0 bridgehead atoms. The van der Waals surface area contributed by atoms with Crippen LogP contribution in [0.2, 0.25) is 0 Å². The molecule has 0 spiro atoms. The Morgan fingerprint density at radius 1 is 1.12 bits per heavy atom. The van der Waals surface area contributed by atoms with Crippen LogP contribution in [0, 0.1) is 0 Å². The highest BCUT2D eigenvalue weighted by Crippen LogP contribution is 2.39. The van der Waals surface area contributed by atoms with Crippen LogP contribution in [0.3, 0.4) is 0 Å². The number of benzene rings is 1. The quantitative estimate of drug-likeness (QED) is 0.477. The molecule has 7 heteroatoms. The molecule has 0 fully saturated rings. The normalized spacial score (nSPS) is 16.6. The van der Waals surface area contributed by atoms with E-state index < -0.39 is 0 Å². The first kappa shape index (κ1) is 17.6. The second-order valence-corrected chi connectivity index (χ2v) is 7.35. The van der Waals surface area contributed by atoms with Crippen molar-refractivity contribution in [1.82, 2.24) is 15.3 Å². The Hall–Kier alpha value is -2.25. The number of nitrogens with one attached hydrogen (secondary N) is 4. The summed E-state index contributed by atoms with van der Waals surface area (Å²) in [4.78, 5) is 1.76. The Morgan fingerprint density at radius 2 is 1.88 bits per heavy atom. The predicted octanol–water partition coefficient (Wildman–Crippen LogP) is 2.00. The van der Waals surface area contributed by atoms with Gasteiger partial charge in [-0.05, 0) is 35.6 Å². The molecule has 3 rings (SSSR count). The molecule has 1 atom stereocenters. The highest BCUT2D eigenvalue weighted by molar-refractivity contribution is 5.86. The third kappa shape index (κ3) is 3.29. The maximum Gasteiger partial charge on any atom is 0.160 e. The Kier molecular flexibility index (Phi) is 4.62. The van der Waals surface area contributed by atoms with E-state index in [1.54, 1.807) is 4.79 Å². The Balaban J connectivity index is 2.06. The van der Waals surface area contributed by atoms with Crippen molar-refractivity contribution in [1.29, 1.82) is 0 Å². The molecule has 0 saturated carbocycles. The van der Waals surface area contributed by atoms with Crippen molar-refractivity contribution in [3.63, 3.8) is 0 Å². The van der Waals surface area contributed by atoms with Gasteiger partial charge < -0.3 is 16.1 Å². The molecule has 0 aliphatic heterocycles. The second-order valence-electron chi connectivity index (χ2n) is 7.35. The van der Waals surface area contributed by atoms with Gasteiger partial charge in [-0.15, -0.1) is 5.10 Å². The molecular formula is C18H30N7+. The summed E-state index contributed by atoms with van der Waals surface area (Å²) in [7, 11) is 12.2. The fourth-order valence-corrected chi connectivity index (χ4v) is 3.62. The van der Waals surface area contributed by atoms with Crippen LogP contribution in [0.15, 0.2) is 18.2 Å². The number of rotatable bonds is 6. The summed E-state index contributed by atoms with van der Waals surface area (Å²) < 4.78 is 0.746. The molecule has 136 valence electrons. The van der Waals surface area contributed by atoms with Crippen LogP contribution >= 0.6 is 0 Å². The lowest BCUT2D eigenvalue weighted by Gasteiger charge is -2.28. The van der Waals surface area contributed by atoms with Crippen molar-refractivity contribution in [2.24, 2.45) is 0 Å². The summed E-state index contributed by atoms with van der Waals surface area (Å²) in [5, 5.41) is 11.1. The molecular weight excluding hydrogens is 314 g/mol.